The lowest BCUT2D eigenvalue weighted by Crippen LogP contribution is -1.99. The van der Waals surface area contributed by atoms with E-state index >= 15 is 0 Å². The molecule has 2 aromatic heterocycles. The van der Waals surface area contributed by atoms with E-state index in [1.807, 2.05) is 37.3 Å². The van der Waals surface area contributed by atoms with E-state index in [9.17, 15) is 5.11 Å². The zero-order valence-electron chi connectivity index (χ0n) is 15.1. The third-order valence-corrected chi connectivity index (χ3v) is 4.03. The van der Waals surface area contributed by atoms with E-state index < -0.39 is 0 Å². The highest BCUT2D eigenvalue weighted by Crippen LogP contribution is 2.26. The van der Waals surface area contributed by atoms with Gasteiger partial charge >= 0.3 is 0 Å². The Kier molecular flexibility index (Phi) is 4.83. The lowest BCUT2D eigenvalue weighted by Gasteiger charge is -2.06. The Morgan fingerprint density at radius 1 is 1.18 bits per heavy atom. The average molecular weight is 374 g/mol. The van der Waals surface area contributed by atoms with Crippen LogP contribution in [0.5, 0.6) is 11.5 Å². The molecule has 0 amide bonds. The summed E-state index contributed by atoms with van der Waals surface area (Å²) in [5.74, 6) is 1.06. The predicted octanol–water partition coefficient (Wildman–Crippen LogP) is 3.37. The molecule has 0 saturated heterocycles. The Bertz CT molecular complexity index is 1120. The van der Waals surface area contributed by atoms with Crippen LogP contribution in [0, 0.1) is 0 Å². The number of aromatic hydroxyl groups is 1. The van der Waals surface area contributed by atoms with Gasteiger partial charge in [-0.05, 0) is 42.8 Å². The van der Waals surface area contributed by atoms with Crippen molar-refractivity contribution in [2.24, 2.45) is 5.10 Å². The maximum Gasteiger partial charge on any atom is 0.168 e. The van der Waals surface area contributed by atoms with Crippen molar-refractivity contribution in [1.82, 2.24) is 19.7 Å². The van der Waals surface area contributed by atoms with Crippen molar-refractivity contribution in [3.8, 4) is 17.2 Å². The van der Waals surface area contributed by atoms with Crippen LogP contribution in [0.2, 0.25) is 0 Å². The van der Waals surface area contributed by atoms with Crippen LogP contribution >= 0.6 is 0 Å². The number of nitrogens with one attached hydrogen (secondary N) is 1. The summed E-state index contributed by atoms with van der Waals surface area (Å²) in [6.07, 6.45) is 4.79. The van der Waals surface area contributed by atoms with Crippen molar-refractivity contribution in [1.29, 1.82) is 0 Å². The second kappa shape index (κ2) is 7.75. The molecule has 0 aliphatic carbocycles. The van der Waals surface area contributed by atoms with E-state index in [0.29, 0.717) is 23.8 Å². The molecule has 2 heterocycles. The van der Waals surface area contributed by atoms with Gasteiger partial charge in [-0.3, -0.25) is 5.43 Å². The minimum Gasteiger partial charge on any atom is -0.504 e. The molecule has 0 aliphatic rings. The summed E-state index contributed by atoms with van der Waals surface area (Å²) in [5, 5.41) is 19.2. The number of hydrogen-bond acceptors (Lipinski definition) is 7. The molecule has 140 valence electrons. The monoisotopic (exact) mass is 374 g/mol. The predicted molar refractivity (Wildman–Crippen MR) is 107 cm³/mol. The van der Waals surface area contributed by atoms with Gasteiger partial charge in [0.1, 0.15) is 6.33 Å². The molecule has 0 atom stereocenters. The van der Waals surface area contributed by atoms with E-state index in [2.05, 4.69) is 25.6 Å². The molecule has 2 aromatic carbocycles. The zero-order valence-corrected chi connectivity index (χ0v) is 15.1. The molecule has 0 unspecified atom stereocenters. The third-order valence-electron chi connectivity index (χ3n) is 4.03. The fourth-order valence-corrected chi connectivity index (χ4v) is 2.74. The molecule has 4 rings (SSSR count). The lowest BCUT2D eigenvalue weighted by molar-refractivity contribution is 0.318. The van der Waals surface area contributed by atoms with Gasteiger partial charge < -0.3 is 9.84 Å². The molecule has 0 radical (unpaired) electrons. The molecule has 8 heteroatoms. The second-order valence-electron chi connectivity index (χ2n) is 5.88. The number of fused-ring (bicyclic) bond motifs is 1. The van der Waals surface area contributed by atoms with E-state index in [1.54, 1.807) is 35.3 Å². The summed E-state index contributed by atoms with van der Waals surface area (Å²) in [6, 6.07) is 14.8. The van der Waals surface area contributed by atoms with Gasteiger partial charge in [0, 0.05) is 0 Å². The Morgan fingerprint density at radius 3 is 2.86 bits per heavy atom. The number of anilines is 1. The molecule has 2 N–H and O–H groups in total. The summed E-state index contributed by atoms with van der Waals surface area (Å²) >= 11 is 0. The first-order chi connectivity index (χ1) is 13.8. The number of aromatic nitrogens is 4. The number of phenolic OH excluding ortho intramolecular Hbond substituents is 1. The highest BCUT2D eigenvalue weighted by molar-refractivity contribution is 5.88. The van der Waals surface area contributed by atoms with Crippen LogP contribution in [-0.2, 0) is 0 Å². The van der Waals surface area contributed by atoms with E-state index in [1.165, 1.54) is 6.33 Å². The number of hydrazone groups is 1. The van der Waals surface area contributed by atoms with E-state index in [4.69, 9.17) is 4.74 Å². The van der Waals surface area contributed by atoms with E-state index in [0.717, 1.165) is 16.6 Å². The van der Waals surface area contributed by atoms with Crippen molar-refractivity contribution >= 4 is 23.1 Å². The van der Waals surface area contributed by atoms with Crippen LogP contribution in [-0.4, -0.2) is 37.7 Å². The highest BCUT2D eigenvalue weighted by Gasteiger charge is 2.10. The van der Waals surface area contributed by atoms with E-state index in [-0.39, 0.29) is 5.75 Å². The van der Waals surface area contributed by atoms with Crippen LogP contribution in [0.4, 0.5) is 5.82 Å². The van der Waals surface area contributed by atoms with Crippen molar-refractivity contribution in [2.75, 3.05) is 12.0 Å². The quantitative estimate of drug-likeness (QED) is 0.397. The highest BCUT2D eigenvalue weighted by atomic mass is 16.5. The molecular weight excluding hydrogens is 356 g/mol. The summed E-state index contributed by atoms with van der Waals surface area (Å²) in [5.41, 5.74) is 5.30. The van der Waals surface area contributed by atoms with Gasteiger partial charge in [-0.2, -0.15) is 10.2 Å². The van der Waals surface area contributed by atoms with Crippen molar-refractivity contribution in [3.05, 3.63) is 66.6 Å². The zero-order chi connectivity index (χ0) is 19.3. The number of nitrogens with zero attached hydrogens (tertiary/aromatic N) is 5. The Morgan fingerprint density at radius 2 is 2.04 bits per heavy atom. The summed E-state index contributed by atoms with van der Waals surface area (Å²) in [6.45, 7) is 2.33. The first kappa shape index (κ1) is 17.5. The first-order valence-electron chi connectivity index (χ1n) is 8.75. The van der Waals surface area contributed by atoms with Crippen molar-refractivity contribution in [3.63, 3.8) is 0 Å². The molecule has 0 fully saturated rings. The lowest BCUT2D eigenvalue weighted by atomic mass is 10.2. The molecule has 0 bridgehead atoms. The van der Waals surface area contributed by atoms with Crippen LogP contribution in [0.1, 0.15) is 12.5 Å². The maximum absolute atomic E-state index is 9.77. The summed E-state index contributed by atoms with van der Waals surface area (Å²) in [4.78, 5) is 8.59. The topological polar surface area (TPSA) is 97.5 Å². The minimum atomic E-state index is 0.0952. The number of para-hydroxylation sites is 1. The van der Waals surface area contributed by atoms with Crippen LogP contribution in [0.15, 0.2) is 66.2 Å². The fraction of sp³-hybridized carbons (Fsp3) is 0.100. The van der Waals surface area contributed by atoms with Gasteiger partial charge in [-0.25, -0.2) is 14.6 Å². The fourth-order valence-electron chi connectivity index (χ4n) is 2.74. The first-order valence-corrected chi connectivity index (χ1v) is 8.75. The van der Waals surface area contributed by atoms with Gasteiger partial charge in [-0.15, -0.1) is 0 Å². The van der Waals surface area contributed by atoms with Gasteiger partial charge in [0.2, 0.25) is 0 Å². The summed E-state index contributed by atoms with van der Waals surface area (Å²) < 4.78 is 7.13. The second-order valence-corrected chi connectivity index (χ2v) is 5.88. The van der Waals surface area contributed by atoms with Crippen LogP contribution in [0.25, 0.3) is 16.7 Å². The number of phenols is 1. The molecule has 0 spiro atoms. The molecular formula is C20H18N6O2. The number of hydrogen-bond donors (Lipinski definition) is 2. The average Bonchev–Trinajstić information content (AvgIpc) is 3.16. The SMILES string of the molecule is CCOc1cc(/C=N/Nc2ncnc3c2cnn3-c2ccccc2)ccc1O. The number of benzene rings is 2. The van der Waals surface area contributed by atoms with Crippen LogP contribution < -0.4 is 10.2 Å². The van der Waals surface area contributed by atoms with Gasteiger partial charge in [0.25, 0.3) is 0 Å². The summed E-state index contributed by atoms with van der Waals surface area (Å²) in [7, 11) is 0. The minimum absolute atomic E-state index is 0.0952. The standard InChI is InChI=1S/C20H18N6O2/c1-2-28-18-10-14(8-9-17(18)27)11-23-25-19-16-12-24-26(20(16)22-13-21-19)15-6-4-3-5-7-15/h3-13,27H,2H2,1H3,(H,21,22,25)/b23-11+. The van der Waals surface area contributed by atoms with Crippen molar-refractivity contribution in [2.45, 2.75) is 6.92 Å². The largest absolute Gasteiger partial charge is 0.504 e. The van der Waals surface area contributed by atoms with Crippen LogP contribution in [0.3, 0.4) is 0 Å². The smallest absolute Gasteiger partial charge is 0.168 e. The number of rotatable bonds is 6. The molecule has 4 aromatic rings. The Labute approximate surface area is 161 Å². The van der Waals surface area contributed by atoms with Gasteiger partial charge in [0.05, 0.1) is 30.1 Å². The third kappa shape index (κ3) is 3.48. The molecule has 8 nitrogen and oxygen atoms in total. The van der Waals surface area contributed by atoms with Gasteiger partial charge in [0.15, 0.2) is 23.0 Å². The molecule has 0 saturated carbocycles. The number of ether oxygens (including phenoxy) is 1. The van der Waals surface area contributed by atoms with Crippen molar-refractivity contribution < 1.29 is 9.84 Å². The Hall–Kier alpha value is -3.94. The maximum atomic E-state index is 9.77. The molecule has 28 heavy (non-hydrogen) atoms. The Balaban J connectivity index is 1.58. The van der Waals surface area contributed by atoms with Gasteiger partial charge in [-0.1, -0.05) is 18.2 Å². The normalized spacial score (nSPS) is 11.2. The molecule has 0 aliphatic heterocycles.